The molecule has 40 heavy (non-hydrogen) atoms. The van der Waals surface area contributed by atoms with E-state index in [1.165, 1.54) is 29.5 Å². The minimum atomic E-state index is -5.24. The lowest BCUT2D eigenvalue weighted by molar-refractivity contribution is -0.143. The molecular formula is C25H22F9IN2O3. The summed E-state index contributed by atoms with van der Waals surface area (Å²) in [5, 5.41) is 0. The zero-order chi connectivity index (χ0) is 30.4. The van der Waals surface area contributed by atoms with Gasteiger partial charge in [0.2, 0.25) is 0 Å². The fraction of sp³-hybridized carbons (Fsp3) is 0.440. The zero-order valence-electron chi connectivity index (χ0n) is 21.1. The first-order valence-corrected chi connectivity index (χ1v) is 12.8. The van der Waals surface area contributed by atoms with Crippen molar-refractivity contribution in [2.75, 3.05) is 23.0 Å². The molecule has 2 aromatic carbocycles. The average Bonchev–Trinajstić information content (AvgIpc) is 2.84. The van der Waals surface area contributed by atoms with Gasteiger partial charge in [0, 0.05) is 6.54 Å². The Bertz CT molecular complexity index is 1260. The van der Waals surface area contributed by atoms with Crippen LogP contribution in [0.4, 0.5) is 55.7 Å². The molecular weight excluding hydrogens is 674 g/mol. The maximum absolute atomic E-state index is 13.7. The van der Waals surface area contributed by atoms with Crippen molar-refractivity contribution in [3.05, 3.63) is 58.7 Å². The second kappa shape index (κ2) is 10.9. The fourth-order valence-electron chi connectivity index (χ4n) is 4.45. The van der Waals surface area contributed by atoms with E-state index in [-0.39, 0.29) is 24.8 Å². The lowest BCUT2D eigenvalue weighted by Gasteiger charge is -2.49. The number of fused-ring (bicyclic) bond motifs is 1. The Morgan fingerprint density at radius 1 is 0.825 bits per heavy atom. The summed E-state index contributed by atoms with van der Waals surface area (Å²) in [7, 11) is 0. The number of benzene rings is 2. The summed E-state index contributed by atoms with van der Waals surface area (Å²) in [5.74, 6) is -0.955. The number of carbonyl (C=O) groups excluding carboxylic acids is 2. The van der Waals surface area contributed by atoms with Gasteiger partial charge in [-0.15, -0.1) is 0 Å². The number of Topliss-reactive ketones (excluding diaryl/α,β-unsaturated/α-hetero) is 1. The predicted octanol–water partition coefficient (Wildman–Crippen LogP) is 8.18. The predicted molar refractivity (Wildman–Crippen MR) is 135 cm³/mol. The van der Waals surface area contributed by atoms with Crippen molar-refractivity contribution in [3.63, 3.8) is 0 Å². The van der Waals surface area contributed by atoms with Crippen molar-refractivity contribution in [3.8, 4) is 0 Å². The van der Waals surface area contributed by atoms with E-state index in [9.17, 15) is 49.1 Å². The highest BCUT2D eigenvalue weighted by atomic mass is 127. The monoisotopic (exact) mass is 696 g/mol. The highest BCUT2D eigenvalue weighted by molar-refractivity contribution is 14.1. The Hall–Kier alpha value is -2.72. The number of rotatable bonds is 5. The van der Waals surface area contributed by atoms with E-state index in [2.05, 4.69) is 0 Å². The first-order chi connectivity index (χ1) is 18.3. The lowest BCUT2D eigenvalue weighted by Crippen LogP contribution is -2.58. The van der Waals surface area contributed by atoms with Crippen molar-refractivity contribution in [1.82, 2.24) is 0 Å². The third-order valence-electron chi connectivity index (χ3n) is 6.36. The summed E-state index contributed by atoms with van der Waals surface area (Å²) in [5.41, 5.74) is -5.90. The van der Waals surface area contributed by atoms with Crippen LogP contribution < -0.4 is 9.80 Å². The van der Waals surface area contributed by atoms with E-state index < -0.39 is 74.5 Å². The van der Waals surface area contributed by atoms with Gasteiger partial charge in [0.05, 0.1) is 40.7 Å². The number of nitrogens with zero attached hydrogens (tertiary/aromatic N) is 2. The molecule has 220 valence electrons. The number of anilines is 2. The zero-order valence-corrected chi connectivity index (χ0v) is 23.2. The van der Waals surface area contributed by atoms with Crippen molar-refractivity contribution in [1.29, 1.82) is 0 Å². The van der Waals surface area contributed by atoms with Gasteiger partial charge in [-0.05, 0) is 84.8 Å². The summed E-state index contributed by atoms with van der Waals surface area (Å²) in [6.45, 7) is 3.52. The van der Waals surface area contributed by atoms with Gasteiger partial charge in [0.25, 0.3) is 0 Å². The summed E-state index contributed by atoms with van der Waals surface area (Å²) in [6.07, 6.45) is -16.1. The maximum atomic E-state index is 13.7. The second-order valence-electron chi connectivity index (χ2n) is 8.92. The van der Waals surface area contributed by atoms with Gasteiger partial charge >= 0.3 is 24.6 Å². The molecule has 2 atom stereocenters. The van der Waals surface area contributed by atoms with Crippen LogP contribution in [0.2, 0.25) is 0 Å². The summed E-state index contributed by atoms with van der Waals surface area (Å²) in [4.78, 5) is 28.1. The van der Waals surface area contributed by atoms with Crippen LogP contribution in [0.25, 0.3) is 0 Å². The highest BCUT2D eigenvalue weighted by Crippen LogP contribution is 2.50. The lowest BCUT2D eigenvalue weighted by atomic mass is 9.93. The van der Waals surface area contributed by atoms with E-state index in [0.717, 1.165) is 22.8 Å². The third kappa shape index (κ3) is 5.98. The molecule has 2 aromatic rings. The number of hydrogen-bond acceptors (Lipinski definition) is 4. The molecule has 0 radical (unpaired) electrons. The second-order valence-corrected chi connectivity index (χ2v) is 10.5. The largest absolute Gasteiger partial charge is 0.449 e. The standard InChI is InChI=1S/C25H22F9IN2O3/c1-4-18-12-36(20-11-14(23(26,27)28)6-7-19(20)37(18)21(39)40-5-2)22(35,13(3)38)15-8-16(24(29,30)31)10-17(9-15)25(32,33)34/h6-11,18H,4-5,12H2,1-3H3. The third-order valence-corrected chi connectivity index (χ3v) is 8.32. The van der Waals surface area contributed by atoms with Crippen LogP contribution in [0.1, 0.15) is 49.4 Å². The van der Waals surface area contributed by atoms with Crippen LogP contribution in [-0.2, 0) is 31.6 Å². The first kappa shape index (κ1) is 31.8. The van der Waals surface area contributed by atoms with Crippen molar-refractivity contribution in [2.24, 2.45) is 0 Å². The minimum Gasteiger partial charge on any atom is -0.449 e. The summed E-state index contributed by atoms with van der Waals surface area (Å²) >= 11 is 1.36. The highest BCUT2D eigenvalue weighted by Gasteiger charge is 2.49. The minimum absolute atomic E-state index is 0.0838. The van der Waals surface area contributed by atoms with Gasteiger partial charge in [0.1, 0.15) is 0 Å². The molecule has 0 aliphatic carbocycles. The molecule has 3 rings (SSSR count). The number of ether oxygens (including phenoxy) is 1. The van der Waals surface area contributed by atoms with E-state index in [1.54, 1.807) is 6.92 Å². The van der Waals surface area contributed by atoms with Gasteiger partial charge in [-0.1, -0.05) is 6.92 Å². The number of ketones is 1. The number of amides is 1. The molecule has 2 unspecified atom stereocenters. The van der Waals surface area contributed by atoms with Crippen LogP contribution >= 0.6 is 22.6 Å². The molecule has 0 aromatic heterocycles. The van der Waals surface area contributed by atoms with Crippen LogP contribution in [0.3, 0.4) is 0 Å². The number of carbonyl (C=O) groups is 2. The SMILES string of the molecule is CCOC(=O)N1c2ccc(C(F)(F)F)cc2N(C(I)(C(C)=O)c2cc(C(F)(F)F)cc(C(F)(F)F)c2)CC1CC. The van der Waals surface area contributed by atoms with Gasteiger partial charge in [-0.2, -0.15) is 39.5 Å². The van der Waals surface area contributed by atoms with Gasteiger partial charge in [-0.3, -0.25) is 9.69 Å². The molecule has 0 spiro atoms. The molecule has 1 heterocycles. The molecule has 0 saturated heterocycles. The maximum Gasteiger partial charge on any atom is 0.416 e. The molecule has 1 aliphatic rings. The Kier molecular flexibility index (Phi) is 8.69. The van der Waals surface area contributed by atoms with E-state index in [0.29, 0.717) is 24.3 Å². The fourth-order valence-corrected chi connectivity index (χ4v) is 5.21. The molecule has 5 nitrogen and oxygen atoms in total. The van der Waals surface area contributed by atoms with Crippen LogP contribution in [0, 0.1) is 0 Å². The number of alkyl halides is 10. The Balaban J connectivity index is 2.40. The number of hydrogen-bond donors (Lipinski definition) is 0. The average molecular weight is 696 g/mol. The molecule has 0 fully saturated rings. The van der Waals surface area contributed by atoms with Crippen LogP contribution in [-0.4, -0.2) is 31.1 Å². The van der Waals surface area contributed by atoms with E-state index >= 15 is 0 Å². The normalized spacial score (nSPS) is 17.8. The van der Waals surface area contributed by atoms with Crippen LogP contribution in [0.5, 0.6) is 0 Å². The van der Waals surface area contributed by atoms with Crippen LogP contribution in [0.15, 0.2) is 36.4 Å². The first-order valence-electron chi connectivity index (χ1n) is 11.7. The number of halogens is 10. The van der Waals surface area contributed by atoms with E-state index in [1.807, 2.05) is 0 Å². The summed E-state index contributed by atoms with van der Waals surface area (Å²) in [6, 6.07) is 1.99. The van der Waals surface area contributed by atoms with E-state index in [4.69, 9.17) is 4.74 Å². The smallest absolute Gasteiger partial charge is 0.416 e. The van der Waals surface area contributed by atoms with Crippen molar-refractivity contribution in [2.45, 2.75) is 55.3 Å². The molecule has 1 aliphatic heterocycles. The quantitative estimate of drug-likeness (QED) is 0.137. The Labute approximate surface area is 236 Å². The Morgan fingerprint density at radius 3 is 1.75 bits per heavy atom. The van der Waals surface area contributed by atoms with Gasteiger partial charge < -0.3 is 9.64 Å². The Morgan fingerprint density at radius 2 is 1.32 bits per heavy atom. The van der Waals surface area contributed by atoms with Gasteiger partial charge in [-0.25, -0.2) is 4.79 Å². The van der Waals surface area contributed by atoms with Gasteiger partial charge in [0.15, 0.2) is 9.33 Å². The van der Waals surface area contributed by atoms with Crippen molar-refractivity contribution >= 4 is 45.8 Å². The van der Waals surface area contributed by atoms with Crippen molar-refractivity contribution < 1.29 is 53.8 Å². The molecule has 15 heteroatoms. The molecule has 0 saturated carbocycles. The topological polar surface area (TPSA) is 49.9 Å². The molecule has 0 bridgehead atoms. The molecule has 0 N–H and O–H groups in total. The summed E-state index contributed by atoms with van der Waals surface area (Å²) < 4.78 is 126. The molecule has 1 amide bonds.